The summed E-state index contributed by atoms with van der Waals surface area (Å²) in [6.45, 7) is 7.22. The molecule has 0 saturated carbocycles. The highest BCUT2D eigenvalue weighted by molar-refractivity contribution is 5.93. The number of hydrogen-bond donors (Lipinski definition) is 0. The summed E-state index contributed by atoms with van der Waals surface area (Å²) < 4.78 is 1.66. The largest absolute Gasteiger partial charge is 0.352 e. The highest BCUT2D eigenvalue weighted by atomic mass is 16.1. The lowest BCUT2D eigenvalue weighted by Gasteiger charge is -2.35. The number of hydrogen-bond acceptors (Lipinski definition) is 6. The van der Waals surface area contributed by atoms with Gasteiger partial charge < -0.3 is 4.90 Å². The Morgan fingerprint density at radius 1 is 0.933 bits per heavy atom. The molecule has 7 nitrogen and oxygen atoms in total. The van der Waals surface area contributed by atoms with Crippen LogP contribution in [0.2, 0.25) is 0 Å². The minimum atomic E-state index is 0.0377. The third kappa shape index (κ3) is 3.69. The second-order valence-corrected chi connectivity index (χ2v) is 8.37. The van der Waals surface area contributed by atoms with Crippen molar-refractivity contribution < 1.29 is 0 Å². The van der Waals surface area contributed by atoms with Crippen molar-refractivity contribution in [2.45, 2.75) is 39.2 Å². The summed E-state index contributed by atoms with van der Waals surface area (Å²) in [5.74, 6) is 0.975. The van der Waals surface area contributed by atoms with E-state index in [0.29, 0.717) is 6.54 Å². The van der Waals surface area contributed by atoms with Crippen molar-refractivity contribution in [2.24, 2.45) is 0 Å². The number of anilines is 1. The molecule has 0 spiro atoms. The zero-order chi connectivity index (χ0) is 20.5. The van der Waals surface area contributed by atoms with Gasteiger partial charge in [0.25, 0.3) is 5.56 Å². The molecule has 0 radical (unpaired) electrons. The average molecular weight is 405 g/mol. The van der Waals surface area contributed by atoms with Gasteiger partial charge in [-0.2, -0.15) is 10.2 Å². The molecule has 1 fully saturated rings. The third-order valence-corrected chi connectivity index (χ3v) is 6.43. The van der Waals surface area contributed by atoms with Crippen LogP contribution < -0.4 is 10.5 Å². The Kier molecular flexibility index (Phi) is 5.21. The van der Waals surface area contributed by atoms with E-state index >= 15 is 0 Å². The van der Waals surface area contributed by atoms with Crippen molar-refractivity contribution >= 4 is 16.6 Å². The summed E-state index contributed by atoms with van der Waals surface area (Å²) in [5.41, 5.74) is 3.28. The quantitative estimate of drug-likeness (QED) is 0.664. The Morgan fingerprint density at radius 2 is 1.70 bits per heavy atom. The van der Waals surface area contributed by atoms with E-state index in [-0.39, 0.29) is 5.56 Å². The van der Waals surface area contributed by atoms with E-state index in [0.717, 1.165) is 68.3 Å². The fourth-order valence-electron chi connectivity index (χ4n) is 4.64. The Bertz CT molecular complexity index is 1120. The van der Waals surface area contributed by atoms with Gasteiger partial charge in [0.2, 0.25) is 0 Å². The molecule has 5 rings (SSSR count). The fourth-order valence-corrected chi connectivity index (χ4v) is 4.64. The van der Waals surface area contributed by atoms with Crippen LogP contribution in [0.3, 0.4) is 0 Å². The van der Waals surface area contributed by atoms with Crippen LogP contribution in [0.5, 0.6) is 0 Å². The molecule has 0 unspecified atom stereocenters. The first-order valence-corrected chi connectivity index (χ1v) is 11.0. The van der Waals surface area contributed by atoms with Crippen molar-refractivity contribution in [3.63, 3.8) is 0 Å². The van der Waals surface area contributed by atoms with E-state index < -0.39 is 0 Å². The summed E-state index contributed by atoms with van der Waals surface area (Å²) in [6, 6.07) is 10.2. The van der Waals surface area contributed by atoms with Gasteiger partial charge >= 0.3 is 0 Å². The number of rotatable bonds is 4. The van der Waals surface area contributed by atoms with E-state index in [1.165, 1.54) is 23.6 Å². The van der Waals surface area contributed by atoms with Crippen LogP contribution in [-0.4, -0.2) is 57.6 Å². The van der Waals surface area contributed by atoms with Gasteiger partial charge in [0.1, 0.15) is 0 Å². The molecule has 30 heavy (non-hydrogen) atoms. The Morgan fingerprint density at radius 3 is 2.53 bits per heavy atom. The molecule has 2 aromatic heterocycles. The molecule has 1 aliphatic carbocycles. The minimum Gasteiger partial charge on any atom is -0.352 e. The SMILES string of the molecule is Cc1nnc(N2CCN(CCn3nc4c(cc3=O)CCCC4)CC2)c2ccccc12. The van der Waals surface area contributed by atoms with Crippen molar-refractivity contribution in [1.82, 2.24) is 24.9 Å². The molecular formula is C23H28N6O. The smallest absolute Gasteiger partial charge is 0.267 e. The molecule has 1 saturated heterocycles. The highest BCUT2D eigenvalue weighted by Crippen LogP contribution is 2.26. The predicted molar refractivity (Wildman–Crippen MR) is 118 cm³/mol. The maximum Gasteiger partial charge on any atom is 0.267 e. The summed E-state index contributed by atoms with van der Waals surface area (Å²) in [4.78, 5) is 17.1. The van der Waals surface area contributed by atoms with Crippen LogP contribution in [-0.2, 0) is 19.4 Å². The summed E-state index contributed by atoms with van der Waals surface area (Å²) in [7, 11) is 0. The van der Waals surface area contributed by atoms with E-state index in [4.69, 9.17) is 0 Å². The highest BCUT2D eigenvalue weighted by Gasteiger charge is 2.21. The summed E-state index contributed by atoms with van der Waals surface area (Å²) in [6.07, 6.45) is 4.34. The number of piperazine rings is 1. The molecule has 1 aliphatic heterocycles. The lowest BCUT2D eigenvalue weighted by atomic mass is 9.97. The monoisotopic (exact) mass is 404 g/mol. The number of aromatic nitrogens is 4. The molecule has 7 heteroatoms. The van der Waals surface area contributed by atoms with Crippen LogP contribution in [0.25, 0.3) is 10.8 Å². The van der Waals surface area contributed by atoms with E-state index in [2.05, 4.69) is 49.4 Å². The molecule has 3 aromatic rings. The van der Waals surface area contributed by atoms with Gasteiger partial charge in [-0.3, -0.25) is 9.69 Å². The summed E-state index contributed by atoms with van der Waals surface area (Å²) >= 11 is 0. The molecule has 1 aromatic carbocycles. The lowest BCUT2D eigenvalue weighted by molar-refractivity contribution is 0.241. The van der Waals surface area contributed by atoms with Gasteiger partial charge in [0.05, 0.1) is 17.9 Å². The number of nitrogens with zero attached hydrogens (tertiary/aromatic N) is 6. The molecule has 2 aliphatic rings. The zero-order valence-corrected chi connectivity index (χ0v) is 17.5. The van der Waals surface area contributed by atoms with Gasteiger partial charge in [0.15, 0.2) is 5.82 Å². The van der Waals surface area contributed by atoms with Gasteiger partial charge in [-0.15, -0.1) is 5.10 Å². The third-order valence-electron chi connectivity index (χ3n) is 6.43. The zero-order valence-electron chi connectivity index (χ0n) is 17.5. The van der Waals surface area contributed by atoms with Crippen molar-refractivity contribution in [3.05, 3.63) is 57.6 Å². The maximum atomic E-state index is 12.4. The first kappa shape index (κ1) is 19.2. The van der Waals surface area contributed by atoms with Crippen LogP contribution in [0.1, 0.15) is 29.8 Å². The minimum absolute atomic E-state index is 0.0377. The van der Waals surface area contributed by atoms with Crippen LogP contribution in [0.4, 0.5) is 5.82 Å². The molecule has 3 heterocycles. The van der Waals surface area contributed by atoms with Crippen molar-refractivity contribution in [1.29, 1.82) is 0 Å². The lowest BCUT2D eigenvalue weighted by Crippen LogP contribution is -2.48. The van der Waals surface area contributed by atoms with Gasteiger partial charge in [0, 0.05) is 49.6 Å². The molecule has 0 N–H and O–H groups in total. The Hall–Kier alpha value is -2.80. The molecular weight excluding hydrogens is 376 g/mol. The first-order valence-electron chi connectivity index (χ1n) is 11.0. The molecule has 156 valence electrons. The normalized spacial score (nSPS) is 17.3. The topological polar surface area (TPSA) is 67.2 Å². The van der Waals surface area contributed by atoms with E-state index in [1.807, 2.05) is 6.92 Å². The maximum absolute atomic E-state index is 12.4. The van der Waals surface area contributed by atoms with Crippen LogP contribution >= 0.6 is 0 Å². The van der Waals surface area contributed by atoms with Crippen molar-refractivity contribution in [2.75, 3.05) is 37.6 Å². The summed E-state index contributed by atoms with van der Waals surface area (Å²) in [5, 5.41) is 15.9. The van der Waals surface area contributed by atoms with E-state index in [1.54, 1.807) is 10.7 Å². The Balaban J connectivity index is 1.23. The Labute approximate surface area is 176 Å². The predicted octanol–water partition coefficient (Wildman–Crippen LogP) is 2.20. The van der Waals surface area contributed by atoms with Gasteiger partial charge in [-0.1, -0.05) is 24.3 Å². The number of aryl methyl sites for hydroxylation is 3. The second-order valence-electron chi connectivity index (χ2n) is 8.37. The standard InChI is InChI=1S/C23H28N6O/c1-17-19-7-3-4-8-20(19)23(25-24-17)28-13-10-27(11-14-28)12-15-29-22(30)16-18-6-2-5-9-21(18)26-29/h3-4,7-8,16H,2,5-6,9-15H2,1H3. The first-order chi connectivity index (χ1) is 14.7. The molecule has 0 amide bonds. The van der Waals surface area contributed by atoms with Gasteiger partial charge in [-0.25, -0.2) is 4.68 Å². The molecule has 0 bridgehead atoms. The van der Waals surface area contributed by atoms with Gasteiger partial charge in [-0.05, 0) is 38.2 Å². The molecule has 0 atom stereocenters. The van der Waals surface area contributed by atoms with Crippen molar-refractivity contribution in [3.8, 4) is 0 Å². The fraction of sp³-hybridized carbons (Fsp3) is 0.478. The number of benzene rings is 1. The average Bonchev–Trinajstić information content (AvgIpc) is 2.79. The van der Waals surface area contributed by atoms with E-state index in [9.17, 15) is 4.79 Å². The van der Waals surface area contributed by atoms with Crippen LogP contribution in [0, 0.1) is 6.92 Å². The van der Waals surface area contributed by atoms with Crippen LogP contribution in [0.15, 0.2) is 35.1 Å². The second kappa shape index (κ2) is 8.14. The number of fused-ring (bicyclic) bond motifs is 2.